The van der Waals surface area contributed by atoms with Gasteiger partial charge in [0.15, 0.2) is 0 Å². The van der Waals surface area contributed by atoms with Crippen LogP contribution >= 0.6 is 0 Å². The molecule has 1 heteroatoms. The lowest BCUT2D eigenvalue weighted by Crippen LogP contribution is -2.00. The molecule has 1 aliphatic rings. The van der Waals surface area contributed by atoms with Gasteiger partial charge in [0.05, 0.1) is 0 Å². The highest BCUT2D eigenvalue weighted by Gasteiger charge is 2.20. The van der Waals surface area contributed by atoms with Gasteiger partial charge in [-0.2, -0.15) is 0 Å². The van der Waals surface area contributed by atoms with Crippen LogP contribution in [0, 0.1) is 0 Å². The fourth-order valence-electron chi connectivity index (χ4n) is 8.88. The summed E-state index contributed by atoms with van der Waals surface area (Å²) in [7, 11) is 0. The zero-order valence-electron chi connectivity index (χ0n) is 29.1. The number of para-hydroxylation sites is 1. The summed E-state index contributed by atoms with van der Waals surface area (Å²) in [6.07, 6.45) is 6.74. The second-order valence-corrected chi connectivity index (χ2v) is 14.3. The molecule has 0 atom stereocenters. The molecule has 0 spiro atoms. The molecular formula is C52H34O. The highest BCUT2D eigenvalue weighted by atomic mass is 16.3. The van der Waals surface area contributed by atoms with Crippen LogP contribution in [0.2, 0.25) is 0 Å². The Kier molecular flexibility index (Phi) is 6.75. The van der Waals surface area contributed by atoms with Gasteiger partial charge in [-0.1, -0.05) is 158 Å². The van der Waals surface area contributed by atoms with Gasteiger partial charge < -0.3 is 4.42 Å². The fourth-order valence-corrected chi connectivity index (χ4v) is 8.88. The molecule has 0 fully saturated rings. The molecule has 10 aromatic rings. The topological polar surface area (TPSA) is 13.1 Å². The molecule has 0 aliphatic heterocycles. The van der Waals surface area contributed by atoms with E-state index >= 15 is 0 Å². The van der Waals surface area contributed by atoms with Crippen LogP contribution in [0.5, 0.6) is 0 Å². The van der Waals surface area contributed by atoms with E-state index in [1.807, 2.05) is 12.1 Å². The molecule has 53 heavy (non-hydrogen) atoms. The van der Waals surface area contributed by atoms with Crippen molar-refractivity contribution < 1.29 is 4.42 Å². The predicted octanol–water partition coefficient (Wildman–Crippen LogP) is 14.7. The number of fused-ring (bicyclic) bond motifs is 7. The van der Waals surface area contributed by atoms with Gasteiger partial charge in [-0.25, -0.2) is 0 Å². The van der Waals surface area contributed by atoms with Gasteiger partial charge in [-0.05, 0) is 125 Å². The van der Waals surface area contributed by atoms with Crippen molar-refractivity contribution in [2.75, 3.05) is 0 Å². The van der Waals surface area contributed by atoms with Gasteiger partial charge in [-0.3, -0.25) is 0 Å². The maximum absolute atomic E-state index is 6.15. The summed E-state index contributed by atoms with van der Waals surface area (Å²) in [6.45, 7) is 0. The molecule has 0 bridgehead atoms. The quantitative estimate of drug-likeness (QED) is 0.169. The molecular weight excluding hydrogens is 641 g/mol. The molecule has 1 aromatic heterocycles. The Morgan fingerprint density at radius 3 is 1.70 bits per heavy atom. The van der Waals surface area contributed by atoms with Crippen molar-refractivity contribution in [3.63, 3.8) is 0 Å². The first-order chi connectivity index (χ1) is 26.3. The molecule has 0 saturated carbocycles. The standard InChI is InChI=1S/C52H34O/c1-2-12-36-31-38(26-21-33(36)11-1)52-46-18-7-5-16-44(46)51(45-17-6-8-19-47(45)52)35-24-22-34(23-25-35)39-28-29-40(42-14-4-3-13-41(39)42)37-27-30-50-48(32-37)43-15-9-10-20-49(43)53-50/h1-3,5-13,15-32H,4,14H2. The third-order valence-corrected chi connectivity index (χ3v) is 11.3. The molecule has 0 amide bonds. The van der Waals surface area contributed by atoms with Gasteiger partial charge in [0.25, 0.3) is 0 Å². The number of allylic oxidation sites excluding steroid dienone is 1. The lowest BCUT2D eigenvalue weighted by Gasteiger charge is -2.21. The highest BCUT2D eigenvalue weighted by molar-refractivity contribution is 6.21. The fraction of sp³-hybridized carbons (Fsp3) is 0.0385. The maximum Gasteiger partial charge on any atom is 0.135 e. The van der Waals surface area contributed by atoms with Crippen molar-refractivity contribution in [3.05, 3.63) is 187 Å². The first-order valence-corrected chi connectivity index (χ1v) is 18.6. The molecule has 0 saturated heterocycles. The minimum Gasteiger partial charge on any atom is -0.456 e. The SMILES string of the molecule is C1=Cc2c(-c3ccc(-c4c5ccccc5c(-c5ccc6ccccc6c5)c5ccccc45)cc3)ccc(-c3ccc4oc5ccccc5c4c3)c2CC1. The van der Waals surface area contributed by atoms with Gasteiger partial charge in [0.1, 0.15) is 11.2 Å². The van der Waals surface area contributed by atoms with Crippen molar-refractivity contribution in [1.82, 2.24) is 0 Å². The Balaban J connectivity index is 1.03. The normalized spacial score (nSPS) is 12.7. The number of benzene rings is 9. The summed E-state index contributed by atoms with van der Waals surface area (Å²) in [4.78, 5) is 0. The van der Waals surface area contributed by atoms with Crippen molar-refractivity contribution >= 4 is 60.3 Å². The van der Waals surface area contributed by atoms with Crippen molar-refractivity contribution in [2.24, 2.45) is 0 Å². The first-order valence-electron chi connectivity index (χ1n) is 18.6. The smallest absolute Gasteiger partial charge is 0.135 e. The minimum absolute atomic E-state index is 0.935. The van der Waals surface area contributed by atoms with Crippen LogP contribution in [0.1, 0.15) is 17.5 Å². The van der Waals surface area contributed by atoms with Gasteiger partial charge >= 0.3 is 0 Å². The molecule has 1 heterocycles. The van der Waals surface area contributed by atoms with Crippen LogP contribution in [0.4, 0.5) is 0 Å². The molecule has 9 aromatic carbocycles. The van der Waals surface area contributed by atoms with Crippen LogP contribution in [0.15, 0.2) is 180 Å². The van der Waals surface area contributed by atoms with Crippen LogP contribution in [-0.4, -0.2) is 0 Å². The van der Waals surface area contributed by atoms with E-state index in [0.717, 1.165) is 24.0 Å². The van der Waals surface area contributed by atoms with Crippen LogP contribution in [0.25, 0.3) is 105 Å². The van der Waals surface area contributed by atoms with Crippen LogP contribution in [-0.2, 0) is 6.42 Å². The van der Waals surface area contributed by atoms with E-state index in [1.165, 1.54) is 98.7 Å². The van der Waals surface area contributed by atoms with Crippen molar-refractivity contribution in [3.8, 4) is 44.5 Å². The second kappa shape index (κ2) is 11.9. The Morgan fingerprint density at radius 1 is 0.377 bits per heavy atom. The average molecular weight is 675 g/mol. The second-order valence-electron chi connectivity index (χ2n) is 14.3. The zero-order chi connectivity index (χ0) is 34.9. The molecule has 0 N–H and O–H groups in total. The van der Waals surface area contributed by atoms with Gasteiger partial charge in [0, 0.05) is 10.8 Å². The molecule has 1 nitrogen and oxygen atoms in total. The van der Waals surface area contributed by atoms with Gasteiger partial charge in [-0.15, -0.1) is 0 Å². The Hall–Kier alpha value is -6.70. The highest BCUT2D eigenvalue weighted by Crippen LogP contribution is 2.45. The summed E-state index contributed by atoms with van der Waals surface area (Å²) in [5.74, 6) is 0. The predicted molar refractivity (Wildman–Crippen MR) is 225 cm³/mol. The Bertz CT molecular complexity index is 3040. The monoisotopic (exact) mass is 674 g/mol. The number of furan rings is 1. The van der Waals surface area contributed by atoms with Crippen molar-refractivity contribution in [2.45, 2.75) is 12.8 Å². The van der Waals surface area contributed by atoms with E-state index in [-0.39, 0.29) is 0 Å². The summed E-state index contributed by atoms with van der Waals surface area (Å²) < 4.78 is 6.15. The van der Waals surface area contributed by atoms with Gasteiger partial charge in [0.2, 0.25) is 0 Å². The maximum atomic E-state index is 6.15. The molecule has 1 aliphatic carbocycles. The lowest BCUT2D eigenvalue weighted by molar-refractivity contribution is 0.669. The van der Waals surface area contributed by atoms with Crippen molar-refractivity contribution in [1.29, 1.82) is 0 Å². The Labute approximate surface area is 308 Å². The summed E-state index contributed by atoms with van der Waals surface area (Å²) in [5, 5.41) is 9.95. The summed E-state index contributed by atoms with van der Waals surface area (Å²) in [5.41, 5.74) is 14.7. The Morgan fingerprint density at radius 2 is 0.943 bits per heavy atom. The van der Waals surface area contributed by atoms with E-state index in [2.05, 4.69) is 170 Å². The van der Waals surface area contributed by atoms with E-state index in [4.69, 9.17) is 4.42 Å². The number of hydrogen-bond donors (Lipinski definition) is 0. The largest absolute Gasteiger partial charge is 0.456 e. The lowest BCUT2D eigenvalue weighted by atomic mass is 9.83. The van der Waals surface area contributed by atoms with E-state index < -0.39 is 0 Å². The van der Waals surface area contributed by atoms with Crippen LogP contribution < -0.4 is 0 Å². The van der Waals surface area contributed by atoms with E-state index in [0.29, 0.717) is 0 Å². The zero-order valence-corrected chi connectivity index (χ0v) is 29.1. The first kappa shape index (κ1) is 30.0. The van der Waals surface area contributed by atoms with E-state index in [9.17, 15) is 0 Å². The molecule has 11 rings (SSSR count). The molecule has 0 unspecified atom stereocenters. The molecule has 0 radical (unpaired) electrons. The third kappa shape index (κ3) is 4.78. The summed E-state index contributed by atoms with van der Waals surface area (Å²) >= 11 is 0. The molecule has 248 valence electrons. The summed E-state index contributed by atoms with van der Waals surface area (Å²) in [6, 6.07) is 62.3. The number of rotatable bonds is 4. The third-order valence-electron chi connectivity index (χ3n) is 11.3. The average Bonchev–Trinajstić information content (AvgIpc) is 3.60. The van der Waals surface area contributed by atoms with E-state index in [1.54, 1.807) is 0 Å². The number of hydrogen-bond acceptors (Lipinski definition) is 1. The minimum atomic E-state index is 0.935. The van der Waals surface area contributed by atoms with Crippen LogP contribution in [0.3, 0.4) is 0 Å².